The van der Waals surface area contributed by atoms with Crippen LogP contribution in [0.3, 0.4) is 0 Å². The number of hydrogen-bond donors (Lipinski definition) is 1. The van der Waals surface area contributed by atoms with Crippen molar-refractivity contribution in [2.45, 2.75) is 17.5 Å². The Labute approximate surface area is 231 Å². The van der Waals surface area contributed by atoms with E-state index in [0.29, 0.717) is 22.6 Å². The van der Waals surface area contributed by atoms with Crippen LogP contribution in [0.15, 0.2) is 109 Å². The highest BCUT2D eigenvalue weighted by Gasteiger charge is 2.70. The van der Waals surface area contributed by atoms with E-state index < -0.39 is 23.4 Å². The van der Waals surface area contributed by atoms with Crippen LogP contribution >= 0.6 is 0 Å². The van der Waals surface area contributed by atoms with Gasteiger partial charge in [-0.25, -0.2) is 0 Å². The van der Waals surface area contributed by atoms with E-state index in [1.54, 1.807) is 43.5 Å². The Kier molecular flexibility index (Phi) is 5.46. The molecule has 0 bridgehead atoms. The molecule has 1 spiro atoms. The van der Waals surface area contributed by atoms with Crippen molar-refractivity contribution < 1.29 is 19.1 Å². The number of amides is 1. The average Bonchev–Trinajstić information content (AvgIpc) is 3.49. The molecule has 3 aliphatic rings. The smallest absolute Gasteiger partial charge is 0.238 e. The molecule has 1 fully saturated rings. The van der Waals surface area contributed by atoms with Crippen LogP contribution in [-0.4, -0.2) is 36.7 Å². The van der Waals surface area contributed by atoms with Crippen molar-refractivity contribution >= 4 is 34.9 Å². The number of fused-ring (bicyclic) bond motifs is 6. The van der Waals surface area contributed by atoms with Crippen LogP contribution in [0, 0.1) is 5.92 Å². The summed E-state index contributed by atoms with van der Waals surface area (Å²) in [6, 6.07) is 29.7. The van der Waals surface area contributed by atoms with E-state index >= 15 is 0 Å². The number of Topliss-reactive ketones (excluding diaryl/α,β-unsaturated/α-hetero) is 2. The van der Waals surface area contributed by atoms with Crippen LogP contribution in [0.4, 0.5) is 11.4 Å². The summed E-state index contributed by atoms with van der Waals surface area (Å²) in [5.74, 6) is -1.12. The van der Waals surface area contributed by atoms with E-state index in [2.05, 4.69) is 5.32 Å². The molecule has 4 aromatic rings. The molecule has 0 unspecified atom stereocenters. The number of methoxy groups -OCH3 is 1. The number of carbonyl (C=O) groups excluding carboxylic acids is 3. The topological polar surface area (TPSA) is 75.7 Å². The highest BCUT2D eigenvalue weighted by Crippen LogP contribution is 2.58. The molecule has 1 N–H and O–H groups in total. The summed E-state index contributed by atoms with van der Waals surface area (Å²) in [7, 11) is 1.57. The lowest BCUT2D eigenvalue weighted by Gasteiger charge is -2.37. The molecule has 0 radical (unpaired) electrons. The van der Waals surface area contributed by atoms with Gasteiger partial charge in [0.15, 0.2) is 11.6 Å². The molecule has 0 saturated carbocycles. The van der Waals surface area contributed by atoms with Gasteiger partial charge in [0.1, 0.15) is 17.2 Å². The Morgan fingerprint density at radius 2 is 1.48 bits per heavy atom. The van der Waals surface area contributed by atoms with Gasteiger partial charge in [-0.1, -0.05) is 78.9 Å². The summed E-state index contributed by atoms with van der Waals surface area (Å²) >= 11 is 0. The molecule has 4 atom stereocenters. The summed E-state index contributed by atoms with van der Waals surface area (Å²) in [5.41, 5.74) is 2.75. The number of benzene rings is 4. The summed E-state index contributed by atoms with van der Waals surface area (Å²) in [4.78, 5) is 45.6. The molecule has 6 nitrogen and oxygen atoms in total. The molecule has 1 amide bonds. The van der Waals surface area contributed by atoms with Gasteiger partial charge in [0.2, 0.25) is 5.91 Å². The van der Waals surface area contributed by atoms with Crippen LogP contribution in [0.1, 0.15) is 31.8 Å². The van der Waals surface area contributed by atoms with E-state index in [0.717, 1.165) is 16.8 Å². The fourth-order valence-electron chi connectivity index (χ4n) is 6.83. The Hall–Kier alpha value is -4.97. The summed E-state index contributed by atoms with van der Waals surface area (Å²) in [6.07, 6.45) is 3.98. The normalized spacial score (nSPS) is 23.8. The molecular formula is C34H26N2O4. The van der Waals surface area contributed by atoms with Crippen molar-refractivity contribution in [1.29, 1.82) is 0 Å². The van der Waals surface area contributed by atoms with Crippen LogP contribution in [0.2, 0.25) is 0 Å². The third-order valence-electron chi connectivity index (χ3n) is 8.53. The Balaban J connectivity index is 1.52. The Morgan fingerprint density at radius 3 is 2.25 bits per heavy atom. The Bertz CT molecular complexity index is 1690. The van der Waals surface area contributed by atoms with Crippen LogP contribution in [-0.2, 0) is 10.2 Å². The van der Waals surface area contributed by atoms with Gasteiger partial charge in [-0.15, -0.1) is 0 Å². The Morgan fingerprint density at radius 1 is 0.800 bits per heavy atom. The van der Waals surface area contributed by atoms with E-state index in [1.165, 1.54) is 0 Å². The first-order valence-corrected chi connectivity index (χ1v) is 13.3. The van der Waals surface area contributed by atoms with Gasteiger partial charge in [-0.3, -0.25) is 14.4 Å². The monoisotopic (exact) mass is 526 g/mol. The van der Waals surface area contributed by atoms with Crippen LogP contribution in [0.5, 0.6) is 5.75 Å². The molecule has 3 aliphatic heterocycles. The molecule has 196 valence electrons. The molecule has 0 aliphatic carbocycles. The number of hydrogen-bond acceptors (Lipinski definition) is 5. The molecule has 6 heteroatoms. The highest BCUT2D eigenvalue weighted by atomic mass is 16.5. The van der Waals surface area contributed by atoms with Gasteiger partial charge in [0.05, 0.1) is 19.1 Å². The predicted molar refractivity (Wildman–Crippen MR) is 154 cm³/mol. The van der Waals surface area contributed by atoms with E-state index in [-0.39, 0.29) is 17.5 Å². The van der Waals surface area contributed by atoms with Gasteiger partial charge < -0.3 is 15.0 Å². The van der Waals surface area contributed by atoms with E-state index in [1.807, 2.05) is 83.8 Å². The third kappa shape index (κ3) is 3.26. The van der Waals surface area contributed by atoms with Gasteiger partial charge in [0.25, 0.3) is 0 Å². The molecule has 3 heterocycles. The maximum Gasteiger partial charge on any atom is 0.238 e. The van der Waals surface area contributed by atoms with Crippen LogP contribution < -0.4 is 15.0 Å². The molecule has 4 aromatic carbocycles. The lowest BCUT2D eigenvalue weighted by Crippen LogP contribution is -2.51. The minimum absolute atomic E-state index is 0.198. The van der Waals surface area contributed by atoms with E-state index in [4.69, 9.17) is 4.74 Å². The quantitative estimate of drug-likeness (QED) is 0.345. The number of carbonyl (C=O) groups is 3. The first kappa shape index (κ1) is 24.1. The van der Waals surface area contributed by atoms with Crippen LogP contribution in [0.25, 0.3) is 6.08 Å². The lowest BCUT2D eigenvalue weighted by atomic mass is 9.64. The van der Waals surface area contributed by atoms with Crippen molar-refractivity contribution in [1.82, 2.24) is 0 Å². The number of rotatable bonds is 5. The highest BCUT2D eigenvalue weighted by molar-refractivity contribution is 6.18. The number of nitrogens with zero attached hydrogens (tertiary/aromatic N) is 1. The lowest BCUT2D eigenvalue weighted by molar-refractivity contribution is -0.121. The van der Waals surface area contributed by atoms with Gasteiger partial charge >= 0.3 is 0 Å². The maximum absolute atomic E-state index is 14.7. The van der Waals surface area contributed by atoms with Gasteiger partial charge in [0, 0.05) is 22.5 Å². The zero-order valence-electron chi connectivity index (χ0n) is 21.8. The zero-order valence-corrected chi connectivity index (χ0v) is 21.8. The van der Waals surface area contributed by atoms with Crippen molar-refractivity contribution in [2.75, 3.05) is 17.3 Å². The zero-order chi connectivity index (χ0) is 27.4. The first-order chi connectivity index (χ1) is 19.6. The molecule has 40 heavy (non-hydrogen) atoms. The second-order valence-electron chi connectivity index (χ2n) is 10.4. The molecule has 7 rings (SSSR count). The predicted octanol–water partition coefficient (Wildman–Crippen LogP) is 5.55. The number of ketones is 2. The minimum atomic E-state index is -1.33. The maximum atomic E-state index is 14.7. The standard InChI is InChI=1S/C34H26N2O4/c1-40-24-18-15-23(16-19-24)31(37)29-30(32(38)22-10-3-2-4-11-22)36-27-14-8-5-9-21(27)17-20-28(36)34(29)25-12-6-7-13-26(25)35-33(34)39/h2-20,28-30H,1H3,(H,35,39)/t28-,29+,30-,34+/m1/s1. The molecule has 0 aromatic heterocycles. The number of ether oxygens (including phenoxy) is 1. The van der Waals surface area contributed by atoms with Crippen molar-refractivity contribution in [3.63, 3.8) is 0 Å². The second-order valence-corrected chi connectivity index (χ2v) is 10.4. The van der Waals surface area contributed by atoms with Crippen molar-refractivity contribution in [3.05, 3.63) is 131 Å². The largest absolute Gasteiger partial charge is 0.497 e. The number of anilines is 2. The fraction of sp³-hybridized carbons (Fsp3) is 0.147. The first-order valence-electron chi connectivity index (χ1n) is 13.3. The molecule has 1 saturated heterocycles. The SMILES string of the molecule is COc1ccc(C(=O)[C@@H]2[C@H](C(=O)c3ccccc3)N3c4ccccc4C=C[C@@H]3[C@]23C(=O)Nc2ccccc23)cc1. The fourth-order valence-corrected chi connectivity index (χ4v) is 6.83. The van der Waals surface area contributed by atoms with Crippen molar-refractivity contribution in [2.24, 2.45) is 5.92 Å². The average molecular weight is 527 g/mol. The second kappa shape index (κ2) is 9.06. The van der Waals surface area contributed by atoms with Gasteiger partial charge in [-0.2, -0.15) is 0 Å². The molecular weight excluding hydrogens is 500 g/mol. The number of nitrogens with one attached hydrogen (secondary N) is 1. The summed E-state index contributed by atoms with van der Waals surface area (Å²) in [6.45, 7) is 0. The summed E-state index contributed by atoms with van der Waals surface area (Å²) in [5, 5.41) is 3.06. The van der Waals surface area contributed by atoms with Gasteiger partial charge in [-0.05, 0) is 47.5 Å². The minimum Gasteiger partial charge on any atom is -0.497 e. The third-order valence-corrected chi connectivity index (χ3v) is 8.53. The van der Waals surface area contributed by atoms with Crippen molar-refractivity contribution in [3.8, 4) is 5.75 Å². The summed E-state index contributed by atoms with van der Waals surface area (Å²) < 4.78 is 5.32. The number of para-hydroxylation sites is 2. The van der Waals surface area contributed by atoms with E-state index in [9.17, 15) is 14.4 Å².